The molecule has 6 nitrogen and oxygen atoms in total. The van der Waals surface area contributed by atoms with Crippen molar-refractivity contribution in [3.63, 3.8) is 0 Å². The van der Waals surface area contributed by atoms with E-state index in [1.165, 1.54) is 6.92 Å². The third-order valence-corrected chi connectivity index (χ3v) is 7.46. The van der Waals surface area contributed by atoms with Gasteiger partial charge in [-0.25, -0.2) is 0 Å². The molecule has 10 heteroatoms. The van der Waals surface area contributed by atoms with Crippen LogP contribution < -0.4 is 0 Å². The summed E-state index contributed by atoms with van der Waals surface area (Å²) in [4.78, 5) is 39.1. The van der Waals surface area contributed by atoms with Gasteiger partial charge >= 0.3 is 5.97 Å². The number of rotatable bonds is 3. The van der Waals surface area contributed by atoms with E-state index in [-0.39, 0.29) is 49.2 Å². The molecule has 1 saturated heterocycles. The summed E-state index contributed by atoms with van der Waals surface area (Å²) >= 11 is 24.6. The number of fused-ring (bicyclic) bond motifs is 1. The Morgan fingerprint density at radius 2 is 1.45 bits per heavy atom. The number of carbonyl (C=O) groups is 3. The van der Waals surface area contributed by atoms with Crippen LogP contribution in [0.3, 0.4) is 0 Å². The van der Waals surface area contributed by atoms with Gasteiger partial charge < -0.3 is 9.47 Å². The SMILES string of the molecule is CC[C@H]1OC(OC(C)=O)[C@H](N2C(=O)c3c(Cl)c(Cl)c(Cl)c(Cl)c3C2=O)[C@@H](C)[C@H]1C. The summed E-state index contributed by atoms with van der Waals surface area (Å²) in [6, 6.07) is -0.867. The van der Waals surface area contributed by atoms with Crippen LogP contribution in [0.4, 0.5) is 0 Å². The molecule has 1 fully saturated rings. The number of hydrogen-bond donors (Lipinski definition) is 0. The van der Waals surface area contributed by atoms with Crippen LogP contribution in [-0.4, -0.2) is 41.1 Å². The second kappa shape index (κ2) is 8.23. The van der Waals surface area contributed by atoms with Gasteiger partial charge in [0.1, 0.15) is 6.04 Å². The van der Waals surface area contributed by atoms with Crippen molar-refractivity contribution in [3.8, 4) is 0 Å². The first-order valence-corrected chi connectivity index (χ1v) is 10.6. The Hall–Kier alpha value is -1.05. The lowest BCUT2D eigenvalue weighted by Crippen LogP contribution is -2.59. The number of esters is 1. The van der Waals surface area contributed by atoms with Gasteiger partial charge in [0.2, 0.25) is 6.29 Å². The lowest BCUT2D eigenvalue weighted by Gasteiger charge is -2.46. The molecule has 1 unspecified atom stereocenters. The maximum absolute atomic E-state index is 13.2. The molecule has 2 amide bonds. The standard InChI is InChI=1S/C19H19Cl4NO5/c1-5-9-6(2)7(3)16(19(29-9)28-8(4)25)24-17(26)10-11(18(24)27)13(21)15(23)14(22)12(10)20/h6-7,9,16,19H,5H2,1-4H3/t6-,7+,9-,16-,19?/m1/s1. The van der Waals surface area contributed by atoms with Crippen LogP contribution >= 0.6 is 46.4 Å². The van der Waals surface area contributed by atoms with Crippen molar-refractivity contribution < 1.29 is 23.9 Å². The van der Waals surface area contributed by atoms with Crippen molar-refractivity contribution in [2.24, 2.45) is 11.8 Å². The molecule has 158 valence electrons. The monoisotopic (exact) mass is 481 g/mol. The fourth-order valence-corrected chi connectivity index (χ4v) is 5.01. The molecule has 3 rings (SSSR count). The lowest BCUT2D eigenvalue weighted by atomic mass is 9.80. The van der Waals surface area contributed by atoms with Gasteiger partial charge in [0.05, 0.1) is 37.3 Å². The van der Waals surface area contributed by atoms with E-state index in [4.69, 9.17) is 55.9 Å². The quantitative estimate of drug-likeness (QED) is 0.255. The summed E-state index contributed by atoms with van der Waals surface area (Å²) < 4.78 is 11.3. The number of ether oxygens (including phenoxy) is 2. The first kappa shape index (κ1) is 22.6. The zero-order valence-corrected chi connectivity index (χ0v) is 19.1. The van der Waals surface area contributed by atoms with Crippen molar-refractivity contribution in [3.05, 3.63) is 31.2 Å². The highest BCUT2D eigenvalue weighted by atomic mass is 35.5. The largest absolute Gasteiger partial charge is 0.434 e. The van der Waals surface area contributed by atoms with Crippen LogP contribution in [0, 0.1) is 11.8 Å². The van der Waals surface area contributed by atoms with Crippen LogP contribution in [0.25, 0.3) is 0 Å². The number of hydrogen-bond acceptors (Lipinski definition) is 5. The van der Waals surface area contributed by atoms with Gasteiger partial charge in [0, 0.05) is 6.92 Å². The highest BCUT2D eigenvalue weighted by Crippen LogP contribution is 2.47. The molecule has 2 heterocycles. The van der Waals surface area contributed by atoms with Gasteiger partial charge in [-0.2, -0.15) is 0 Å². The number of carbonyl (C=O) groups excluding carboxylic acids is 3. The fourth-order valence-electron chi connectivity index (χ4n) is 4.00. The molecule has 2 aliphatic rings. The average Bonchev–Trinajstić information content (AvgIpc) is 2.92. The maximum atomic E-state index is 13.2. The minimum absolute atomic E-state index is 0.0146. The van der Waals surface area contributed by atoms with E-state index >= 15 is 0 Å². The molecule has 0 aromatic heterocycles. The van der Waals surface area contributed by atoms with E-state index in [0.29, 0.717) is 6.42 Å². The zero-order valence-electron chi connectivity index (χ0n) is 16.1. The van der Waals surface area contributed by atoms with Gasteiger partial charge in [-0.1, -0.05) is 67.2 Å². The van der Waals surface area contributed by atoms with Crippen LogP contribution in [0.15, 0.2) is 0 Å². The molecule has 5 atom stereocenters. The molecule has 0 bridgehead atoms. The molecule has 1 aromatic rings. The zero-order chi connectivity index (χ0) is 21.8. The van der Waals surface area contributed by atoms with Crippen LogP contribution in [-0.2, 0) is 14.3 Å². The smallest absolute Gasteiger partial charge is 0.305 e. The highest BCUT2D eigenvalue weighted by molar-refractivity contribution is 6.55. The Bertz CT molecular complexity index is 858. The molecule has 0 radical (unpaired) electrons. The van der Waals surface area contributed by atoms with Crippen molar-refractivity contribution in [1.82, 2.24) is 4.90 Å². The first-order chi connectivity index (χ1) is 13.5. The van der Waals surface area contributed by atoms with Gasteiger partial charge in [-0.15, -0.1) is 0 Å². The Labute approximate surface area is 188 Å². The van der Waals surface area contributed by atoms with E-state index in [1.807, 2.05) is 20.8 Å². The number of nitrogens with zero attached hydrogens (tertiary/aromatic N) is 1. The van der Waals surface area contributed by atoms with Crippen LogP contribution in [0.1, 0.15) is 54.8 Å². The Kier molecular flexibility index (Phi) is 6.42. The maximum Gasteiger partial charge on any atom is 0.305 e. The molecule has 29 heavy (non-hydrogen) atoms. The van der Waals surface area contributed by atoms with Crippen LogP contribution in [0.2, 0.25) is 20.1 Å². The van der Waals surface area contributed by atoms with E-state index in [0.717, 1.165) is 4.90 Å². The summed E-state index contributed by atoms with van der Waals surface area (Å²) in [6.45, 7) is 7.02. The molecule has 0 spiro atoms. The van der Waals surface area contributed by atoms with E-state index in [9.17, 15) is 14.4 Å². The van der Waals surface area contributed by atoms with Crippen molar-refractivity contribution in [1.29, 1.82) is 0 Å². The van der Waals surface area contributed by atoms with Gasteiger partial charge in [-0.05, 0) is 18.3 Å². The predicted octanol–water partition coefficient (Wildman–Crippen LogP) is 5.24. The third kappa shape index (κ3) is 3.53. The lowest BCUT2D eigenvalue weighted by molar-refractivity contribution is -0.239. The summed E-state index contributed by atoms with van der Waals surface area (Å²) in [5.74, 6) is -2.20. The molecule has 0 saturated carbocycles. The molecular formula is C19H19Cl4NO5. The summed E-state index contributed by atoms with van der Waals surface area (Å²) in [7, 11) is 0. The van der Waals surface area contributed by atoms with Gasteiger partial charge in [0.25, 0.3) is 11.8 Å². The van der Waals surface area contributed by atoms with Gasteiger partial charge in [-0.3, -0.25) is 19.3 Å². The average molecular weight is 483 g/mol. The second-order valence-electron chi connectivity index (χ2n) is 7.26. The minimum Gasteiger partial charge on any atom is -0.434 e. The predicted molar refractivity (Wildman–Crippen MR) is 110 cm³/mol. The summed E-state index contributed by atoms with van der Waals surface area (Å²) in [5, 5.41) is -0.511. The summed E-state index contributed by atoms with van der Waals surface area (Å²) in [5.41, 5.74) is -0.231. The second-order valence-corrected chi connectivity index (χ2v) is 8.77. The highest BCUT2D eigenvalue weighted by Gasteiger charge is 2.53. The van der Waals surface area contributed by atoms with E-state index in [1.54, 1.807) is 0 Å². The number of imide groups is 1. The molecule has 0 N–H and O–H groups in total. The Morgan fingerprint density at radius 3 is 1.86 bits per heavy atom. The molecular weight excluding hydrogens is 464 g/mol. The van der Waals surface area contributed by atoms with Crippen molar-refractivity contribution >= 4 is 64.2 Å². The molecule has 1 aromatic carbocycles. The summed E-state index contributed by atoms with van der Waals surface area (Å²) in [6.07, 6.45) is -0.632. The molecule has 0 aliphatic carbocycles. The van der Waals surface area contributed by atoms with Crippen LogP contribution in [0.5, 0.6) is 0 Å². The first-order valence-electron chi connectivity index (χ1n) is 9.09. The fraction of sp³-hybridized carbons (Fsp3) is 0.526. The van der Waals surface area contributed by atoms with E-state index in [2.05, 4.69) is 0 Å². The third-order valence-electron chi connectivity index (χ3n) is 5.66. The van der Waals surface area contributed by atoms with Crippen molar-refractivity contribution in [2.75, 3.05) is 0 Å². The number of halogens is 4. The minimum atomic E-state index is -1.12. The number of benzene rings is 1. The van der Waals surface area contributed by atoms with Gasteiger partial charge in [0.15, 0.2) is 0 Å². The topological polar surface area (TPSA) is 72.9 Å². The van der Waals surface area contributed by atoms with Crippen molar-refractivity contribution in [2.45, 2.75) is 52.6 Å². The molecule has 2 aliphatic heterocycles. The number of amides is 2. The Balaban J connectivity index is 2.12. The normalized spacial score (nSPS) is 29.2. The van der Waals surface area contributed by atoms with E-state index < -0.39 is 30.1 Å². The Morgan fingerprint density at radius 1 is 0.966 bits per heavy atom.